The number of hydrogen-bond donors (Lipinski definition) is 2. The minimum atomic E-state index is -0.557. The zero-order chi connectivity index (χ0) is 20.2. The number of quaternary nitrogens is 1. The van der Waals surface area contributed by atoms with Crippen molar-refractivity contribution < 1.29 is 24.3 Å². The molecule has 29 heavy (non-hydrogen) atoms. The highest BCUT2D eigenvalue weighted by molar-refractivity contribution is 7.12. The smallest absolute Gasteiger partial charge is 0.290 e. The third-order valence-corrected chi connectivity index (χ3v) is 6.41. The molecular formula is C22H25N2O4S+. The van der Waals surface area contributed by atoms with Crippen LogP contribution in [-0.2, 0) is 9.53 Å². The number of amides is 1. The van der Waals surface area contributed by atoms with Crippen molar-refractivity contribution in [2.45, 2.75) is 12.5 Å². The number of ether oxygens (including phenoxy) is 1. The fourth-order valence-corrected chi connectivity index (χ4v) is 4.73. The highest BCUT2D eigenvalue weighted by Crippen LogP contribution is 2.39. The minimum absolute atomic E-state index is 0.183. The summed E-state index contributed by atoms with van der Waals surface area (Å²) >= 11 is 1.32. The van der Waals surface area contributed by atoms with Crippen molar-refractivity contribution in [3.05, 3.63) is 69.6 Å². The quantitative estimate of drug-likeness (QED) is 0.677. The summed E-state index contributed by atoms with van der Waals surface area (Å²) in [6.45, 7) is 4.92. The summed E-state index contributed by atoms with van der Waals surface area (Å²) in [5.41, 5.74) is 1.02. The van der Waals surface area contributed by atoms with E-state index in [0.717, 1.165) is 44.8 Å². The number of nitrogens with zero attached hydrogens (tertiary/aromatic N) is 1. The third kappa shape index (κ3) is 4.12. The molecule has 6 nitrogen and oxygen atoms in total. The van der Waals surface area contributed by atoms with Crippen molar-refractivity contribution in [3.8, 4) is 0 Å². The number of carbonyl (C=O) groups excluding carboxylic acids is 2. The third-order valence-electron chi connectivity index (χ3n) is 5.54. The van der Waals surface area contributed by atoms with Gasteiger partial charge < -0.3 is 19.6 Å². The van der Waals surface area contributed by atoms with Gasteiger partial charge in [-0.3, -0.25) is 9.59 Å². The van der Waals surface area contributed by atoms with Crippen LogP contribution >= 0.6 is 11.3 Å². The Bertz CT molecular complexity index is 889. The monoisotopic (exact) mass is 413 g/mol. The highest BCUT2D eigenvalue weighted by Gasteiger charge is 2.43. The lowest BCUT2D eigenvalue weighted by atomic mass is 9.95. The number of ketones is 1. The van der Waals surface area contributed by atoms with Gasteiger partial charge in [-0.05, 0) is 17.0 Å². The maximum Gasteiger partial charge on any atom is 0.290 e. The van der Waals surface area contributed by atoms with Crippen molar-refractivity contribution in [2.24, 2.45) is 0 Å². The Morgan fingerprint density at radius 3 is 2.62 bits per heavy atom. The first kappa shape index (κ1) is 19.8. The number of thiophene rings is 1. The van der Waals surface area contributed by atoms with Gasteiger partial charge >= 0.3 is 0 Å². The first-order chi connectivity index (χ1) is 14.2. The second-order valence-corrected chi connectivity index (χ2v) is 8.29. The van der Waals surface area contributed by atoms with E-state index in [1.807, 2.05) is 35.7 Å². The van der Waals surface area contributed by atoms with Crippen molar-refractivity contribution in [3.63, 3.8) is 0 Å². The molecule has 1 aromatic heterocycles. The van der Waals surface area contributed by atoms with E-state index >= 15 is 0 Å². The fourth-order valence-electron chi connectivity index (χ4n) is 4.05. The van der Waals surface area contributed by atoms with Gasteiger partial charge in [0.1, 0.15) is 13.1 Å². The summed E-state index contributed by atoms with van der Waals surface area (Å²) in [5, 5.41) is 12.4. The minimum Gasteiger partial charge on any atom is -0.503 e. The maximum absolute atomic E-state index is 13.1. The predicted octanol–water partition coefficient (Wildman–Crippen LogP) is 1.63. The molecule has 0 spiro atoms. The van der Waals surface area contributed by atoms with Gasteiger partial charge in [-0.25, -0.2) is 0 Å². The predicted molar refractivity (Wildman–Crippen MR) is 110 cm³/mol. The van der Waals surface area contributed by atoms with Crippen LogP contribution in [0.2, 0.25) is 0 Å². The Labute approximate surface area is 174 Å². The average molecular weight is 414 g/mol. The number of Topliss-reactive ketones (excluding diaryl/α,β-unsaturated/α-hetero) is 1. The zero-order valence-corrected chi connectivity index (χ0v) is 17.0. The number of rotatable bonds is 7. The summed E-state index contributed by atoms with van der Waals surface area (Å²) < 4.78 is 5.40. The zero-order valence-electron chi connectivity index (χ0n) is 16.2. The van der Waals surface area contributed by atoms with Gasteiger partial charge in [0.15, 0.2) is 5.76 Å². The van der Waals surface area contributed by atoms with Crippen LogP contribution in [-0.4, -0.2) is 61.1 Å². The second-order valence-electron chi connectivity index (χ2n) is 7.35. The van der Waals surface area contributed by atoms with Crippen LogP contribution in [0.4, 0.5) is 0 Å². The van der Waals surface area contributed by atoms with E-state index in [0.29, 0.717) is 11.4 Å². The van der Waals surface area contributed by atoms with Crippen LogP contribution in [0, 0.1) is 0 Å². The summed E-state index contributed by atoms with van der Waals surface area (Å²) in [4.78, 5) is 29.6. The Morgan fingerprint density at radius 2 is 1.93 bits per heavy atom. The Kier molecular flexibility index (Phi) is 6.08. The van der Waals surface area contributed by atoms with Gasteiger partial charge in [0.2, 0.25) is 5.78 Å². The molecule has 7 heteroatoms. The summed E-state index contributed by atoms with van der Waals surface area (Å²) in [6.07, 6.45) is 0.804. The highest BCUT2D eigenvalue weighted by atomic mass is 32.1. The number of morpholine rings is 1. The number of aliphatic hydroxyl groups is 1. The number of nitrogens with one attached hydrogen (secondary N) is 1. The molecule has 0 unspecified atom stereocenters. The normalized spacial score (nSPS) is 20.5. The standard InChI is InChI=1S/C22H24N2O4S/c25-20(17-8-4-15-29-17)18-19(16-6-2-1-3-7-16)24(22(27)21(18)26)10-5-9-23-11-13-28-14-12-23/h1-4,6-8,15,19,26H,5,9-14H2/p+1/t19-/m1/s1. The van der Waals surface area contributed by atoms with E-state index in [2.05, 4.69) is 0 Å². The van der Waals surface area contributed by atoms with Crippen LogP contribution in [0.15, 0.2) is 59.2 Å². The van der Waals surface area contributed by atoms with E-state index in [9.17, 15) is 14.7 Å². The molecule has 2 aliphatic heterocycles. The second kappa shape index (κ2) is 8.90. The van der Waals surface area contributed by atoms with Crippen molar-refractivity contribution in [1.29, 1.82) is 0 Å². The van der Waals surface area contributed by atoms with Gasteiger partial charge in [-0.2, -0.15) is 0 Å². The summed E-state index contributed by atoms with van der Waals surface area (Å²) in [7, 11) is 0. The molecule has 0 saturated carbocycles. The van der Waals surface area contributed by atoms with Crippen molar-refractivity contribution in [2.75, 3.05) is 39.4 Å². The largest absolute Gasteiger partial charge is 0.503 e. The average Bonchev–Trinajstić information content (AvgIpc) is 3.38. The molecule has 1 atom stereocenters. The lowest BCUT2D eigenvalue weighted by molar-refractivity contribution is -0.908. The molecule has 2 aromatic rings. The summed E-state index contributed by atoms with van der Waals surface area (Å²) in [5.74, 6) is -1.16. The lowest BCUT2D eigenvalue weighted by Gasteiger charge is -2.28. The van der Waals surface area contributed by atoms with E-state index in [-0.39, 0.29) is 11.4 Å². The lowest BCUT2D eigenvalue weighted by Crippen LogP contribution is -3.14. The first-order valence-electron chi connectivity index (χ1n) is 9.95. The molecular weight excluding hydrogens is 388 g/mol. The maximum atomic E-state index is 13.1. The van der Waals surface area contributed by atoms with Gasteiger partial charge in [0.25, 0.3) is 5.91 Å². The molecule has 0 bridgehead atoms. The molecule has 152 valence electrons. The molecule has 1 fully saturated rings. The van der Waals surface area contributed by atoms with Crippen LogP contribution in [0.1, 0.15) is 27.7 Å². The van der Waals surface area contributed by atoms with E-state index in [1.165, 1.54) is 16.2 Å². The number of aliphatic hydroxyl groups excluding tert-OH is 1. The van der Waals surface area contributed by atoms with E-state index in [4.69, 9.17) is 4.74 Å². The molecule has 2 aliphatic rings. The molecule has 4 rings (SSSR count). The molecule has 1 amide bonds. The topological polar surface area (TPSA) is 71.3 Å². The van der Waals surface area contributed by atoms with E-state index in [1.54, 1.807) is 17.0 Å². The Hall–Kier alpha value is -2.48. The van der Waals surface area contributed by atoms with Gasteiger partial charge in [0.05, 0.1) is 36.3 Å². The fraction of sp³-hybridized carbons (Fsp3) is 0.364. The number of carbonyl (C=O) groups is 2. The van der Waals surface area contributed by atoms with E-state index < -0.39 is 17.7 Å². The van der Waals surface area contributed by atoms with Gasteiger partial charge in [-0.1, -0.05) is 36.4 Å². The molecule has 1 aromatic carbocycles. The SMILES string of the molecule is O=C(C1=C(O)C(=O)N(CCC[NH+]2CCOCC2)[C@@H]1c1ccccc1)c1cccs1. The van der Waals surface area contributed by atoms with Crippen LogP contribution in [0.3, 0.4) is 0 Å². The molecule has 0 radical (unpaired) electrons. The van der Waals surface area contributed by atoms with Gasteiger partial charge in [0, 0.05) is 13.0 Å². The number of benzene rings is 1. The number of hydrogen-bond acceptors (Lipinski definition) is 5. The molecule has 2 N–H and O–H groups in total. The van der Waals surface area contributed by atoms with Crippen LogP contribution in [0.5, 0.6) is 0 Å². The molecule has 3 heterocycles. The van der Waals surface area contributed by atoms with Crippen molar-refractivity contribution in [1.82, 2.24) is 4.90 Å². The first-order valence-corrected chi connectivity index (χ1v) is 10.8. The Morgan fingerprint density at radius 1 is 1.17 bits per heavy atom. The summed E-state index contributed by atoms with van der Waals surface area (Å²) in [6, 6.07) is 12.4. The van der Waals surface area contributed by atoms with Crippen LogP contribution < -0.4 is 4.90 Å². The van der Waals surface area contributed by atoms with Gasteiger partial charge in [-0.15, -0.1) is 11.3 Å². The van der Waals surface area contributed by atoms with Crippen LogP contribution in [0.25, 0.3) is 0 Å². The molecule has 0 aliphatic carbocycles. The molecule has 1 saturated heterocycles. The Balaban J connectivity index is 1.57. The van der Waals surface area contributed by atoms with Crippen molar-refractivity contribution >= 4 is 23.0 Å².